The van der Waals surface area contributed by atoms with E-state index < -0.39 is 0 Å². The summed E-state index contributed by atoms with van der Waals surface area (Å²) in [6, 6.07) is 4.57. The smallest absolute Gasteiger partial charge is 0.212 e. The van der Waals surface area contributed by atoms with Gasteiger partial charge in [-0.15, -0.1) is 0 Å². The van der Waals surface area contributed by atoms with Crippen LogP contribution in [0.4, 0.5) is 0 Å². The zero-order valence-corrected chi connectivity index (χ0v) is 13.6. The predicted molar refractivity (Wildman–Crippen MR) is 86.5 cm³/mol. The number of nitrogens with zero attached hydrogens (tertiary/aromatic N) is 2. The lowest BCUT2D eigenvalue weighted by Gasteiger charge is -2.35. The quantitative estimate of drug-likeness (QED) is 0.838. The molecular weight excluding hydrogens is 262 g/mol. The van der Waals surface area contributed by atoms with Crippen molar-refractivity contribution in [3.05, 3.63) is 23.9 Å². The molecule has 1 fully saturated rings. The molecule has 0 saturated carbocycles. The first-order chi connectivity index (χ1) is 10.2. The Morgan fingerprint density at radius 1 is 1.38 bits per heavy atom. The van der Waals surface area contributed by atoms with Crippen molar-refractivity contribution in [3.8, 4) is 5.88 Å². The number of pyridine rings is 1. The lowest BCUT2D eigenvalue weighted by Crippen LogP contribution is -2.41. The van der Waals surface area contributed by atoms with Crippen molar-refractivity contribution in [2.75, 3.05) is 26.7 Å². The number of hydrogen-bond acceptors (Lipinski definition) is 4. The molecule has 1 unspecified atom stereocenters. The highest BCUT2D eigenvalue weighted by atomic mass is 16.5. The maximum Gasteiger partial charge on any atom is 0.212 e. The monoisotopic (exact) mass is 291 g/mol. The molecule has 2 heterocycles. The summed E-state index contributed by atoms with van der Waals surface area (Å²) >= 11 is 0. The topological polar surface area (TPSA) is 37.4 Å². The first-order valence-corrected chi connectivity index (χ1v) is 8.17. The van der Waals surface area contributed by atoms with Gasteiger partial charge in [0.1, 0.15) is 0 Å². The van der Waals surface area contributed by atoms with E-state index in [1.165, 1.54) is 44.5 Å². The van der Waals surface area contributed by atoms with Crippen LogP contribution in [0.25, 0.3) is 0 Å². The molecule has 0 aliphatic carbocycles. The van der Waals surface area contributed by atoms with E-state index >= 15 is 0 Å². The van der Waals surface area contributed by atoms with Gasteiger partial charge in [-0.2, -0.15) is 0 Å². The summed E-state index contributed by atoms with van der Waals surface area (Å²) in [6.45, 7) is 9.23. The molecule has 118 valence electrons. The Hall–Kier alpha value is -1.13. The average Bonchev–Trinajstić information content (AvgIpc) is 2.54. The molecule has 1 aromatic heterocycles. The average molecular weight is 291 g/mol. The first-order valence-electron chi connectivity index (χ1n) is 8.17. The van der Waals surface area contributed by atoms with Gasteiger partial charge >= 0.3 is 0 Å². The summed E-state index contributed by atoms with van der Waals surface area (Å²) in [4.78, 5) is 6.84. The number of aromatic nitrogens is 1. The van der Waals surface area contributed by atoms with Gasteiger partial charge in [-0.25, -0.2) is 4.98 Å². The third kappa shape index (κ3) is 4.97. The van der Waals surface area contributed by atoms with Gasteiger partial charge in [0.25, 0.3) is 0 Å². The van der Waals surface area contributed by atoms with Crippen LogP contribution in [0, 0.1) is 5.92 Å². The summed E-state index contributed by atoms with van der Waals surface area (Å²) < 4.78 is 5.08. The van der Waals surface area contributed by atoms with Crippen molar-refractivity contribution in [2.24, 2.45) is 5.92 Å². The minimum Gasteiger partial charge on any atom is -0.481 e. The van der Waals surface area contributed by atoms with Gasteiger partial charge in [-0.3, -0.25) is 0 Å². The van der Waals surface area contributed by atoms with Crippen molar-refractivity contribution in [2.45, 2.75) is 45.7 Å². The summed E-state index contributed by atoms with van der Waals surface area (Å²) in [5.74, 6) is 1.47. The number of methoxy groups -OCH3 is 1. The summed E-state index contributed by atoms with van der Waals surface area (Å²) in [5.41, 5.74) is 1.21. The molecule has 1 N–H and O–H groups in total. The number of ether oxygens (including phenoxy) is 1. The van der Waals surface area contributed by atoms with Gasteiger partial charge in [-0.1, -0.05) is 13.0 Å². The Labute approximate surface area is 128 Å². The maximum absolute atomic E-state index is 5.08. The van der Waals surface area contributed by atoms with Crippen LogP contribution in [0.3, 0.4) is 0 Å². The maximum atomic E-state index is 5.08. The molecule has 0 bridgehead atoms. The Morgan fingerprint density at radius 2 is 2.14 bits per heavy atom. The number of piperidine rings is 1. The minimum atomic E-state index is 0.566. The number of rotatable bonds is 7. The number of likely N-dealkylation sites (tertiary alicyclic amines) is 1. The van der Waals surface area contributed by atoms with Gasteiger partial charge in [0.15, 0.2) is 0 Å². The van der Waals surface area contributed by atoms with Crippen LogP contribution in [0.2, 0.25) is 0 Å². The molecule has 2 rings (SSSR count). The van der Waals surface area contributed by atoms with Crippen LogP contribution in [-0.4, -0.2) is 42.7 Å². The molecule has 1 aromatic rings. The largest absolute Gasteiger partial charge is 0.481 e. The van der Waals surface area contributed by atoms with Crippen LogP contribution >= 0.6 is 0 Å². The zero-order chi connectivity index (χ0) is 15.1. The van der Waals surface area contributed by atoms with Crippen LogP contribution < -0.4 is 10.1 Å². The molecule has 1 saturated heterocycles. The zero-order valence-electron chi connectivity index (χ0n) is 13.6. The van der Waals surface area contributed by atoms with E-state index in [9.17, 15) is 0 Å². The van der Waals surface area contributed by atoms with Crippen molar-refractivity contribution in [1.82, 2.24) is 15.2 Å². The second kappa shape index (κ2) is 8.35. The minimum absolute atomic E-state index is 0.566. The van der Waals surface area contributed by atoms with Crippen LogP contribution in [0.1, 0.15) is 38.7 Å². The molecule has 1 aliphatic rings. The number of hydrogen-bond donors (Lipinski definition) is 1. The van der Waals surface area contributed by atoms with Gasteiger partial charge < -0.3 is 15.0 Å². The molecule has 4 heteroatoms. The van der Waals surface area contributed by atoms with E-state index in [0.29, 0.717) is 11.9 Å². The second-order valence-electron chi connectivity index (χ2n) is 6.06. The summed E-state index contributed by atoms with van der Waals surface area (Å²) in [7, 11) is 1.65. The Bertz CT molecular complexity index is 399. The van der Waals surface area contributed by atoms with Crippen molar-refractivity contribution in [3.63, 3.8) is 0 Å². The van der Waals surface area contributed by atoms with E-state index in [2.05, 4.69) is 35.1 Å². The lowest BCUT2D eigenvalue weighted by molar-refractivity contribution is 0.162. The van der Waals surface area contributed by atoms with E-state index in [4.69, 9.17) is 4.74 Å². The third-order valence-electron chi connectivity index (χ3n) is 4.51. The normalized spacial score (nSPS) is 18.6. The van der Waals surface area contributed by atoms with E-state index in [1.54, 1.807) is 7.11 Å². The lowest BCUT2D eigenvalue weighted by atomic mass is 9.90. The van der Waals surface area contributed by atoms with E-state index in [-0.39, 0.29) is 0 Å². The summed E-state index contributed by atoms with van der Waals surface area (Å²) in [5, 5.41) is 3.65. The fraction of sp³-hybridized carbons (Fsp3) is 0.706. The molecule has 0 aromatic carbocycles. The SMILES string of the molecule is CCCN1CCC(C(C)NCc2ccc(OC)nc2)CC1. The Kier molecular flexibility index (Phi) is 6.46. The van der Waals surface area contributed by atoms with Gasteiger partial charge in [0.05, 0.1) is 7.11 Å². The van der Waals surface area contributed by atoms with Crippen molar-refractivity contribution >= 4 is 0 Å². The van der Waals surface area contributed by atoms with Gasteiger partial charge in [-0.05, 0) is 57.3 Å². The van der Waals surface area contributed by atoms with Crippen LogP contribution in [-0.2, 0) is 6.54 Å². The van der Waals surface area contributed by atoms with Gasteiger partial charge in [0, 0.05) is 24.8 Å². The fourth-order valence-corrected chi connectivity index (χ4v) is 3.07. The Morgan fingerprint density at radius 3 is 2.71 bits per heavy atom. The van der Waals surface area contributed by atoms with Crippen LogP contribution in [0.15, 0.2) is 18.3 Å². The highest BCUT2D eigenvalue weighted by Gasteiger charge is 2.23. The second-order valence-corrected chi connectivity index (χ2v) is 6.06. The molecule has 1 aliphatic heterocycles. The van der Waals surface area contributed by atoms with Crippen molar-refractivity contribution in [1.29, 1.82) is 0 Å². The molecule has 0 spiro atoms. The standard InChI is InChI=1S/C17H29N3O/c1-4-9-20-10-7-16(8-11-20)14(2)18-12-15-5-6-17(21-3)19-13-15/h5-6,13-14,16,18H,4,7-12H2,1-3H3. The molecule has 1 atom stereocenters. The molecule has 4 nitrogen and oxygen atoms in total. The molecule has 21 heavy (non-hydrogen) atoms. The highest BCUT2D eigenvalue weighted by molar-refractivity contribution is 5.17. The summed E-state index contributed by atoms with van der Waals surface area (Å²) in [6.07, 6.45) is 5.79. The molecule has 0 amide bonds. The van der Waals surface area contributed by atoms with Gasteiger partial charge in [0.2, 0.25) is 5.88 Å². The first kappa shape index (κ1) is 16.2. The Balaban J connectivity index is 1.73. The molecular formula is C17H29N3O. The highest BCUT2D eigenvalue weighted by Crippen LogP contribution is 2.21. The third-order valence-corrected chi connectivity index (χ3v) is 4.51. The van der Waals surface area contributed by atoms with E-state index in [0.717, 1.165) is 12.5 Å². The fourth-order valence-electron chi connectivity index (χ4n) is 3.07. The molecule has 0 radical (unpaired) electrons. The van der Waals surface area contributed by atoms with Crippen molar-refractivity contribution < 1.29 is 4.74 Å². The number of nitrogens with one attached hydrogen (secondary N) is 1. The van der Waals surface area contributed by atoms with Crippen LogP contribution in [0.5, 0.6) is 5.88 Å². The van der Waals surface area contributed by atoms with E-state index in [1.807, 2.05) is 12.3 Å². The predicted octanol–water partition coefficient (Wildman–Crippen LogP) is 2.69.